The van der Waals surface area contributed by atoms with Crippen molar-refractivity contribution in [2.75, 3.05) is 6.54 Å². The van der Waals surface area contributed by atoms with Crippen LogP contribution in [0, 0.1) is 11.6 Å². The van der Waals surface area contributed by atoms with E-state index in [9.17, 15) is 18.4 Å². The summed E-state index contributed by atoms with van der Waals surface area (Å²) in [4.78, 5) is 23.5. The molecule has 1 amide bonds. The van der Waals surface area contributed by atoms with Gasteiger partial charge in [-0.3, -0.25) is 9.59 Å². The van der Waals surface area contributed by atoms with Crippen LogP contribution in [0.4, 0.5) is 8.78 Å². The van der Waals surface area contributed by atoms with E-state index in [1.807, 2.05) is 0 Å². The van der Waals surface area contributed by atoms with E-state index in [4.69, 9.17) is 0 Å². The lowest BCUT2D eigenvalue weighted by atomic mass is 10.1. The van der Waals surface area contributed by atoms with Crippen molar-refractivity contribution in [3.8, 4) is 0 Å². The van der Waals surface area contributed by atoms with Gasteiger partial charge < -0.3 is 5.32 Å². The van der Waals surface area contributed by atoms with Crippen LogP contribution < -0.4 is 5.32 Å². The Labute approximate surface area is 133 Å². The summed E-state index contributed by atoms with van der Waals surface area (Å²) < 4.78 is 26.8. The maximum absolute atomic E-state index is 13.4. The van der Waals surface area contributed by atoms with Crippen LogP contribution in [0.25, 0.3) is 0 Å². The first-order valence-corrected chi connectivity index (χ1v) is 7.36. The van der Waals surface area contributed by atoms with Crippen LogP contribution in [0.3, 0.4) is 0 Å². The molecule has 0 spiro atoms. The molecule has 0 heterocycles. The average molecular weight is 317 g/mol. The highest BCUT2D eigenvalue weighted by atomic mass is 19.1. The van der Waals surface area contributed by atoms with E-state index < -0.39 is 11.6 Å². The van der Waals surface area contributed by atoms with E-state index in [2.05, 4.69) is 5.32 Å². The lowest BCUT2D eigenvalue weighted by Gasteiger charge is -2.06. The Morgan fingerprint density at radius 3 is 2.22 bits per heavy atom. The zero-order chi connectivity index (χ0) is 16.7. The van der Waals surface area contributed by atoms with Gasteiger partial charge in [-0.1, -0.05) is 30.3 Å². The molecule has 0 atom stereocenters. The Balaban J connectivity index is 1.74. The number of carbonyl (C=O) groups is 2. The third-order valence-corrected chi connectivity index (χ3v) is 3.43. The van der Waals surface area contributed by atoms with Gasteiger partial charge in [0.1, 0.15) is 11.6 Å². The minimum absolute atomic E-state index is 0.00773. The highest BCUT2D eigenvalue weighted by molar-refractivity contribution is 5.98. The van der Waals surface area contributed by atoms with Crippen molar-refractivity contribution in [1.29, 1.82) is 0 Å². The van der Waals surface area contributed by atoms with Crippen molar-refractivity contribution < 1.29 is 18.4 Å². The van der Waals surface area contributed by atoms with E-state index in [0.717, 1.165) is 0 Å². The number of amides is 1. The number of carbonyl (C=O) groups excluding carboxylic acids is 2. The van der Waals surface area contributed by atoms with Gasteiger partial charge in [0.15, 0.2) is 5.78 Å². The maximum atomic E-state index is 13.4. The smallest absolute Gasteiger partial charge is 0.220 e. The van der Waals surface area contributed by atoms with E-state index in [1.165, 1.54) is 24.3 Å². The highest BCUT2D eigenvalue weighted by Crippen LogP contribution is 2.10. The third kappa shape index (κ3) is 4.98. The Hall–Kier alpha value is -2.56. The van der Waals surface area contributed by atoms with Gasteiger partial charge in [0, 0.05) is 19.4 Å². The van der Waals surface area contributed by atoms with E-state index in [1.54, 1.807) is 24.3 Å². The molecule has 1 N–H and O–H groups in total. The monoisotopic (exact) mass is 317 g/mol. The maximum Gasteiger partial charge on any atom is 0.220 e. The Morgan fingerprint density at radius 2 is 1.52 bits per heavy atom. The summed E-state index contributed by atoms with van der Waals surface area (Å²) in [7, 11) is 0. The normalized spacial score (nSPS) is 10.3. The predicted molar refractivity (Wildman–Crippen MR) is 83.1 cm³/mol. The fourth-order valence-corrected chi connectivity index (χ4v) is 2.18. The summed E-state index contributed by atoms with van der Waals surface area (Å²) in [5.74, 6) is -1.62. The number of hydrogen-bond donors (Lipinski definition) is 1. The molecule has 0 aliphatic heterocycles. The third-order valence-electron chi connectivity index (χ3n) is 3.43. The summed E-state index contributed by atoms with van der Waals surface area (Å²) >= 11 is 0. The molecule has 0 saturated heterocycles. The first-order chi connectivity index (χ1) is 11.1. The van der Waals surface area contributed by atoms with Crippen LogP contribution >= 0.6 is 0 Å². The number of benzene rings is 2. The summed E-state index contributed by atoms with van der Waals surface area (Å²) in [6.45, 7) is 0.285. The molecule has 23 heavy (non-hydrogen) atoms. The number of halogens is 2. The molecule has 5 heteroatoms. The van der Waals surface area contributed by atoms with Crippen LogP contribution in [0.1, 0.15) is 28.8 Å². The van der Waals surface area contributed by atoms with Crippen LogP contribution in [-0.2, 0) is 11.2 Å². The molecule has 0 saturated carbocycles. The second-order valence-corrected chi connectivity index (χ2v) is 5.09. The first kappa shape index (κ1) is 16.8. The number of Topliss-reactive ketones (excluding diaryl/α,β-unsaturated/α-hetero) is 1. The van der Waals surface area contributed by atoms with Gasteiger partial charge in [0.05, 0.1) is 5.56 Å². The summed E-state index contributed by atoms with van der Waals surface area (Å²) in [6.07, 6.45) is 0.288. The highest BCUT2D eigenvalue weighted by Gasteiger charge is 2.12. The average Bonchev–Trinajstić information content (AvgIpc) is 2.55. The van der Waals surface area contributed by atoms with Crippen molar-refractivity contribution in [1.82, 2.24) is 5.32 Å². The molecule has 2 rings (SSSR count). The molecule has 0 bridgehead atoms. The van der Waals surface area contributed by atoms with Crippen molar-refractivity contribution in [2.24, 2.45) is 0 Å². The molecular formula is C18H17F2NO2. The predicted octanol–water partition coefficient (Wildman–Crippen LogP) is 3.29. The molecule has 0 aliphatic carbocycles. The van der Waals surface area contributed by atoms with Gasteiger partial charge in [-0.2, -0.15) is 0 Å². The lowest BCUT2D eigenvalue weighted by molar-refractivity contribution is -0.121. The van der Waals surface area contributed by atoms with Gasteiger partial charge in [0.25, 0.3) is 0 Å². The Bertz CT molecular complexity index is 701. The van der Waals surface area contributed by atoms with Crippen LogP contribution in [0.2, 0.25) is 0 Å². The Morgan fingerprint density at radius 1 is 0.870 bits per heavy atom. The van der Waals surface area contributed by atoms with Crippen molar-refractivity contribution >= 4 is 11.7 Å². The first-order valence-electron chi connectivity index (χ1n) is 7.36. The van der Waals surface area contributed by atoms with E-state index >= 15 is 0 Å². The quantitative estimate of drug-likeness (QED) is 0.797. The molecule has 2 aromatic rings. The van der Waals surface area contributed by atoms with Gasteiger partial charge in [-0.15, -0.1) is 0 Å². The van der Waals surface area contributed by atoms with Crippen LogP contribution in [0.5, 0.6) is 0 Å². The summed E-state index contributed by atoms with van der Waals surface area (Å²) in [6, 6.07) is 12.0. The fraction of sp³-hybridized carbons (Fsp3) is 0.222. The zero-order valence-corrected chi connectivity index (χ0v) is 12.5. The topological polar surface area (TPSA) is 46.2 Å². The second-order valence-electron chi connectivity index (χ2n) is 5.09. The minimum atomic E-state index is -0.586. The van der Waals surface area contributed by atoms with Gasteiger partial charge >= 0.3 is 0 Å². The molecule has 0 aromatic heterocycles. The number of hydrogen-bond acceptors (Lipinski definition) is 2. The van der Waals surface area contributed by atoms with Gasteiger partial charge in [-0.25, -0.2) is 8.78 Å². The lowest BCUT2D eigenvalue weighted by Crippen LogP contribution is -2.26. The van der Waals surface area contributed by atoms with E-state index in [-0.39, 0.29) is 36.7 Å². The standard InChI is InChI=1S/C18H17F2NO2/c19-15-7-3-1-5-13(15)11-12-21-18(23)10-9-17(22)14-6-2-4-8-16(14)20/h1-8H,9-12H2,(H,21,23). The molecular weight excluding hydrogens is 300 g/mol. The Kier molecular flexibility index (Phi) is 5.97. The summed E-state index contributed by atoms with van der Waals surface area (Å²) in [5, 5.41) is 2.63. The SMILES string of the molecule is O=C(CCC(=O)c1ccccc1F)NCCc1ccccc1F. The summed E-state index contributed by atoms with van der Waals surface area (Å²) in [5.41, 5.74) is 0.516. The van der Waals surface area contributed by atoms with Crippen molar-refractivity contribution in [3.63, 3.8) is 0 Å². The number of ketones is 1. The van der Waals surface area contributed by atoms with Crippen LogP contribution in [0.15, 0.2) is 48.5 Å². The minimum Gasteiger partial charge on any atom is -0.356 e. The fourth-order valence-electron chi connectivity index (χ4n) is 2.18. The van der Waals surface area contributed by atoms with Crippen molar-refractivity contribution in [2.45, 2.75) is 19.3 Å². The zero-order valence-electron chi connectivity index (χ0n) is 12.5. The number of nitrogens with one attached hydrogen (secondary N) is 1. The molecule has 0 unspecified atom stereocenters. The second kappa shape index (κ2) is 8.17. The molecule has 0 radical (unpaired) electrons. The molecule has 3 nitrogen and oxygen atoms in total. The molecule has 0 aliphatic rings. The van der Waals surface area contributed by atoms with Gasteiger partial charge in [-0.05, 0) is 30.2 Å². The molecule has 0 fully saturated rings. The molecule has 120 valence electrons. The largest absolute Gasteiger partial charge is 0.356 e. The molecule has 2 aromatic carbocycles. The van der Waals surface area contributed by atoms with E-state index in [0.29, 0.717) is 12.0 Å². The number of rotatable bonds is 7. The van der Waals surface area contributed by atoms with Crippen molar-refractivity contribution in [3.05, 3.63) is 71.3 Å². The van der Waals surface area contributed by atoms with Gasteiger partial charge in [0.2, 0.25) is 5.91 Å². The van der Waals surface area contributed by atoms with Crippen LogP contribution in [-0.4, -0.2) is 18.2 Å².